The Hall–Kier alpha value is -2.72. The maximum atomic E-state index is 15.0. The Kier molecular flexibility index (Phi) is 7.36. The van der Waals surface area contributed by atoms with E-state index in [-0.39, 0.29) is 12.8 Å². The van der Waals surface area contributed by atoms with Crippen molar-refractivity contribution in [3.63, 3.8) is 0 Å². The van der Waals surface area contributed by atoms with Gasteiger partial charge in [-0.3, -0.25) is 0 Å². The van der Waals surface area contributed by atoms with Crippen molar-refractivity contribution in [3.8, 4) is 11.5 Å². The maximum Gasteiger partial charge on any atom is 0.139 e. The molecule has 0 radical (unpaired) electrons. The molecule has 3 rings (SSSR count). The van der Waals surface area contributed by atoms with E-state index in [2.05, 4.69) is 0 Å². The van der Waals surface area contributed by atoms with E-state index >= 15 is 0 Å². The fraction of sp³-hybridized carbons (Fsp3) is 0.208. The molecule has 3 aromatic carbocycles. The number of carbonyl (C=O) groups excluding carboxylic acids is 1. The summed E-state index contributed by atoms with van der Waals surface area (Å²) in [6, 6.07) is 22.6. The zero-order valence-electron chi connectivity index (χ0n) is 15.7. The van der Waals surface area contributed by atoms with Gasteiger partial charge in [0.05, 0.1) is 0 Å². The molecule has 0 bridgehead atoms. The predicted octanol–water partition coefficient (Wildman–Crippen LogP) is 6.72. The first kappa shape index (κ1) is 21.0. The van der Waals surface area contributed by atoms with E-state index in [0.29, 0.717) is 33.9 Å². The van der Waals surface area contributed by atoms with Gasteiger partial charge in [0, 0.05) is 23.8 Å². The van der Waals surface area contributed by atoms with Crippen LogP contribution in [-0.2, 0) is 11.2 Å². The van der Waals surface area contributed by atoms with Crippen molar-refractivity contribution in [3.05, 3.63) is 95.0 Å². The number of para-hydroxylation sites is 1. The number of carbonyl (C=O) groups is 1. The van der Waals surface area contributed by atoms with Gasteiger partial charge in [0.2, 0.25) is 0 Å². The number of aldehydes is 1. The van der Waals surface area contributed by atoms with Crippen LogP contribution >= 0.6 is 11.6 Å². The average molecular weight is 415 g/mol. The van der Waals surface area contributed by atoms with E-state index in [1.54, 1.807) is 48.5 Å². The average Bonchev–Trinajstić information content (AvgIpc) is 2.73. The molecule has 0 aliphatic rings. The first-order valence-corrected chi connectivity index (χ1v) is 9.73. The Morgan fingerprint density at radius 3 is 2.28 bits per heavy atom. The smallest absolute Gasteiger partial charge is 0.139 e. The van der Waals surface area contributed by atoms with Crippen LogP contribution in [0.25, 0.3) is 0 Å². The number of ether oxygens (including phenoxy) is 1. The van der Waals surface area contributed by atoms with Crippen molar-refractivity contribution in [2.75, 3.05) is 0 Å². The Morgan fingerprint density at radius 2 is 1.59 bits per heavy atom. The lowest BCUT2D eigenvalue weighted by Gasteiger charge is -2.23. The van der Waals surface area contributed by atoms with Crippen LogP contribution in [0.2, 0.25) is 5.02 Å². The van der Waals surface area contributed by atoms with Gasteiger partial charge in [-0.15, -0.1) is 0 Å². The molecule has 150 valence electrons. The van der Waals surface area contributed by atoms with Crippen LogP contribution in [0.15, 0.2) is 78.9 Å². The molecule has 0 saturated heterocycles. The van der Waals surface area contributed by atoms with E-state index < -0.39 is 18.3 Å². The molecule has 3 unspecified atom stereocenters. The molecule has 0 heterocycles. The predicted molar refractivity (Wildman–Crippen MR) is 111 cm³/mol. The number of hydrogen-bond acceptors (Lipinski definition) is 2. The molecule has 29 heavy (non-hydrogen) atoms. The number of rotatable bonds is 9. The fourth-order valence-electron chi connectivity index (χ4n) is 3.21. The topological polar surface area (TPSA) is 26.3 Å². The highest BCUT2D eigenvalue weighted by atomic mass is 35.5. The summed E-state index contributed by atoms with van der Waals surface area (Å²) in [7, 11) is 0. The minimum absolute atomic E-state index is 0.0968. The van der Waals surface area contributed by atoms with Crippen molar-refractivity contribution >= 4 is 17.9 Å². The molecule has 5 heteroatoms. The van der Waals surface area contributed by atoms with Gasteiger partial charge in [-0.1, -0.05) is 54.1 Å². The molecule has 0 aromatic heterocycles. The molecule has 0 aliphatic heterocycles. The third kappa shape index (κ3) is 5.88. The highest BCUT2D eigenvalue weighted by Crippen LogP contribution is 2.31. The molecule has 0 aliphatic carbocycles. The molecule has 0 spiro atoms. The van der Waals surface area contributed by atoms with E-state index in [4.69, 9.17) is 16.3 Å². The Bertz CT molecular complexity index is 916. The lowest BCUT2D eigenvalue weighted by Crippen LogP contribution is -2.27. The van der Waals surface area contributed by atoms with Crippen molar-refractivity contribution in [2.24, 2.45) is 0 Å². The lowest BCUT2D eigenvalue weighted by atomic mass is 9.87. The van der Waals surface area contributed by atoms with Crippen LogP contribution in [0.3, 0.4) is 0 Å². The summed E-state index contributed by atoms with van der Waals surface area (Å²) in [6.07, 6.45) is -3.17. The first-order chi connectivity index (χ1) is 14.1. The monoisotopic (exact) mass is 414 g/mol. The van der Waals surface area contributed by atoms with Gasteiger partial charge in [0.25, 0.3) is 0 Å². The number of alkyl halides is 2. The number of halogens is 3. The molecule has 3 aromatic rings. The number of benzene rings is 3. The van der Waals surface area contributed by atoms with Crippen LogP contribution in [0, 0.1) is 0 Å². The maximum absolute atomic E-state index is 15.0. The molecule has 0 N–H and O–H groups in total. The van der Waals surface area contributed by atoms with E-state index in [1.165, 1.54) is 0 Å². The van der Waals surface area contributed by atoms with Crippen molar-refractivity contribution in [1.29, 1.82) is 0 Å². The largest absolute Gasteiger partial charge is 0.457 e. The Morgan fingerprint density at radius 1 is 0.897 bits per heavy atom. The summed E-state index contributed by atoms with van der Waals surface area (Å²) in [4.78, 5) is 11.0. The summed E-state index contributed by atoms with van der Waals surface area (Å²) in [6.45, 7) is 0. The van der Waals surface area contributed by atoms with Gasteiger partial charge in [-0.2, -0.15) is 0 Å². The first-order valence-electron chi connectivity index (χ1n) is 9.36. The molecule has 0 amide bonds. The summed E-state index contributed by atoms with van der Waals surface area (Å²) >= 11 is 5.87. The fourth-order valence-corrected chi connectivity index (χ4v) is 3.34. The summed E-state index contributed by atoms with van der Waals surface area (Å²) in [5.74, 6) is 0.362. The quantitative estimate of drug-likeness (QED) is 0.363. The third-order valence-corrected chi connectivity index (χ3v) is 4.94. The SMILES string of the molecule is O=CCC(c1ccc(Cl)cc1)C(F)C(F)Cc1cccc(Oc2ccccc2)c1. The van der Waals surface area contributed by atoms with Crippen LogP contribution in [0.1, 0.15) is 23.5 Å². The third-order valence-electron chi connectivity index (χ3n) is 4.69. The molecular formula is C24H21ClF2O2. The second kappa shape index (κ2) is 10.2. The minimum Gasteiger partial charge on any atom is -0.457 e. The van der Waals surface area contributed by atoms with Gasteiger partial charge >= 0.3 is 0 Å². The minimum atomic E-state index is -1.82. The van der Waals surface area contributed by atoms with Gasteiger partial charge in [0.1, 0.15) is 30.1 Å². The van der Waals surface area contributed by atoms with Crippen LogP contribution in [0.5, 0.6) is 11.5 Å². The molecule has 3 atom stereocenters. The lowest BCUT2D eigenvalue weighted by molar-refractivity contribution is -0.108. The Balaban J connectivity index is 1.70. The summed E-state index contributed by atoms with van der Waals surface area (Å²) in [5.41, 5.74) is 1.17. The molecular weight excluding hydrogens is 394 g/mol. The summed E-state index contributed by atoms with van der Waals surface area (Å²) < 4.78 is 35.5. The van der Waals surface area contributed by atoms with E-state index in [1.807, 2.05) is 30.3 Å². The zero-order chi connectivity index (χ0) is 20.6. The zero-order valence-corrected chi connectivity index (χ0v) is 16.4. The van der Waals surface area contributed by atoms with Crippen molar-refractivity contribution < 1.29 is 18.3 Å². The summed E-state index contributed by atoms with van der Waals surface area (Å²) in [5, 5.41) is 0.501. The number of hydrogen-bond donors (Lipinski definition) is 0. The van der Waals surface area contributed by atoms with E-state index in [9.17, 15) is 13.6 Å². The highest BCUT2D eigenvalue weighted by molar-refractivity contribution is 6.30. The second-order valence-corrected chi connectivity index (χ2v) is 7.22. The van der Waals surface area contributed by atoms with Gasteiger partial charge in [-0.25, -0.2) is 8.78 Å². The van der Waals surface area contributed by atoms with E-state index in [0.717, 1.165) is 0 Å². The molecule has 0 saturated carbocycles. The molecule has 0 fully saturated rings. The highest BCUT2D eigenvalue weighted by Gasteiger charge is 2.31. The van der Waals surface area contributed by atoms with Gasteiger partial charge in [0.15, 0.2) is 0 Å². The van der Waals surface area contributed by atoms with Crippen LogP contribution in [-0.4, -0.2) is 18.6 Å². The van der Waals surface area contributed by atoms with Crippen molar-refractivity contribution in [1.82, 2.24) is 0 Å². The van der Waals surface area contributed by atoms with Gasteiger partial charge < -0.3 is 9.53 Å². The van der Waals surface area contributed by atoms with Crippen molar-refractivity contribution in [2.45, 2.75) is 31.1 Å². The van der Waals surface area contributed by atoms with Gasteiger partial charge in [-0.05, 0) is 47.5 Å². The van der Waals surface area contributed by atoms with Crippen LogP contribution < -0.4 is 4.74 Å². The molecule has 2 nitrogen and oxygen atoms in total. The van der Waals surface area contributed by atoms with Crippen LogP contribution in [0.4, 0.5) is 8.78 Å². The second-order valence-electron chi connectivity index (χ2n) is 6.79. The standard InChI is InChI=1S/C24H21ClF2O2/c25-19-11-9-18(10-12-19)22(13-14-28)24(27)23(26)16-17-5-4-8-21(15-17)29-20-6-2-1-3-7-20/h1-12,14-15,22-24H,13,16H2. The Labute approximate surface area is 174 Å². The normalized spacial score (nSPS) is 14.0.